The number of benzene rings is 2. The molecule has 1 atom stereocenters. The van der Waals surface area contributed by atoms with Crippen LogP contribution in [0.15, 0.2) is 54.6 Å². The Hall–Kier alpha value is -2.88. The monoisotopic (exact) mass is 434 g/mol. The molecule has 2 aromatic carbocycles. The molecule has 0 fully saturated rings. The maximum absolute atomic E-state index is 11.3. The number of carboxylic acid groups (broad SMARTS) is 2. The minimum atomic E-state index is -0.996. The molecule has 0 amide bonds. The van der Waals surface area contributed by atoms with Crippen molar-refractivity contribution < 1.29 is 19.8 Å². The highest BCUT2D eigenvalue weighted by atomic mass is 16.4. The molecule has 0 spiro atoms. The van der Waals surface area contributed by atoms with Crippen LogP contribution < -0.4 is 0 Å². The number of carbonyl (C=O) groups is 2. The predicted octanol–water partition coefficient (Wildman–Crippen LogP) is 6.48. The minimum absolute atomic E-state index is 0.140. The Kier molecular flexibility index (Phi) is 6.92. The third kappa shape index (κ3) is 5.48. The molecule has 1 aliphatic carbocycles. The summed E-state index contributed by atoms with van der Waals surface area (Å²) in [6.45, 7) is 9.30. The topological polar surface area (TPSA) is 74.6 Å². The highest BCUT2D eigenvalue weighted by molar-refractivity contribution is 5.87. The van der Waals surface area contributed by atoms with Crippen LogP contribution in [-0.4, -0.2) is 22.2 Å². The third-order valence-electron chi connectivity index (χ3n) is 6.93. The number of hydrogen-bond donors (Lipinski definition) is 2. The standard InChI is InChI=1S/C28H34O4/c1-27(2)15-16-28(3,4)24-17-19(11-13-23(24)27)7-5-8-20(12-14-25(29)30)21-9-6-10-22(18-21)26(31)32/h6,9-14,17-18,20H,5,7-8,15-16H2,1-4H3,(H,29,30)(H,31,32). The van der Waals surface area contributed by atoms with Crippen molar-refractivity contribution in [3.63, 3.8) is 0 Å². The van der Waals surface area contributed by atoms with Crippen LogP contribution in [0.5, 0.6) is 0 Å². The molecule has 32 heavy (non-hydrogen) atoms. The van der Waals surface area contributed by atoms with Gasteiger partial charge in [-0.15, -0.1) is 0 Å². The van der Waals surface area contributed by atoms with Crippen LogP contribution in [0.2, 0.25) is 0 Å². The lowest BCUT2D eigenvalue weighted by Crippen LogP contribution is -2.33. The fraction of sp³-hybridized carbons (Fsp3) is 0.429. The quantitative estimate of drug-likeness (QED) is 0.466. The second-order valence-electron chi connectivity index (χ2n) is 10.3. The van der Waals surface area contributed by atoms with E-state index in [4.69, 9.17) is 5.11 Å². The summed E-state index contributed by atoms with van der Waals surface area (Å²) in [5.74, 6) is -2.12. The summed E-state index contributed by atoms with van der Waals surface area (Å²) in [5, 5.41) is 18.4. The van der Waals surface area contributed by atoms with Crippen LogP contribution in [-0.2, 0) is 22.0 Å². The number of fused-ring (bicyclic) bond motifs is 1. The van der Waals surface area contributed by atoms with Gasteiger partial charge in [-0.1, -0.05) is 64.1 Å². The maximum atomic E-state index is 11.3. The molecule has 0 heterocycles. The van der Waals surface area contributed by atoms with Gasteiger partial charge < -0.3 is 10.2 Å². The van der Waals surface area contributed by atoms with Gasteiger partial charge in [-0.05, 0) is 77.3 Å². The number of hydrogen-bond acceptors (Lipinski definition) is 2. The molecule has 4 nitrogen and oxygen atoms in total. The van der Waals surface area contributed by atoms with Crippen molar-refractivity contribution in [2.45, 2.75) is 76.5 Å². The molecule has 0 radical (unpaired) electrons. The van der Waals surface area contributed by atoms with Gasteiger partial charge in [0.15, 0.2) is 0 Å². The van der Waals surface area contributed by atoms with E-state index in [1.807, 2.05) is 6.07 Å². The molecule has 2 aromatic rings. The summed E-state index contributed by atoms with van der Waals surface area (Å²) < 4.78 is 0. The van der Waals surface area contributed by atoms with Gasteiger partial charge >= 0.3 is 11.9 Å². The second-order valence-corrected chi connectivity index (χ2v) is 10.3. The Morgan fingerprint density at radius 3 is 2.31 bits per heavy atom. The van der Waals surface area contributed by atoms with E-state index in [2.05, 4.69) is 45.9 Å². The fourth-order valence-electron chi connectivity index (χ4n) is 4.79. The molecular weight excluding hydrogens is 400 g/mol. The van der Waals surface area contributed by atoms with Crippen molar-refractivity contribution >= 4 is 11.9 Å². The van der Waals surface area contributed by atoms with E-state index in [0.717, 1.165) is 30.9 Å². The van der Waals surface area contributed by atoms with E-state index in [9.17, 15) is 14.7 Å². The Labute approximate surface area is 191 Å². The van der Waals surface area contributed by atoms with E-state index in [1.54, 1.807) is 24.3 Å². The number of aromatic carboxylic acids is 1. The molecule has 0 aliphatic heterocycles. The lowest BCUT2D eigenvalue weighted by molar-refractivity contribution is -0.131. The Bertz CT molecular complexity index is 1030. The summed E-state index contributed by atoms with van der Waals surface area (Å²) in [7, 11) is 0. The number of aliphatic carboxylic acids is 1. The number of allylic oxidation sites excluding steroid dienone is 1. The van der Waals surface area contributed by atoms with E-state index < -0.39 is 11.9 Å². The SMILES string of the molecule is CC1(C)CCC(C)(C)c2cc(CCCC(C=CC(=O)O)c3cccc(C(=O)O)c3)ccc21. The normalized spacial score (nSPS) is 17.6. The molecule has 170 valence electrons. The summed E-state index contributed by atoms with van der Waals surface area (Å²) in [6, 6.07) is 13.7. The van der Waals surface area contributed by atoms with Crippen molar-refractivity contribution in [3.05, 3.63) is 82.4 Å². The lowest BCUT2D eigenvalue weighted by atomic mass is 9.63. The highest BCUT2D eigenvalue weighted by Crippen LogP contribution is 2.46. The molecule has 0 bridgehead atoms. The first kappa shape index (κ1) is 23.8. The molecule has 2 N–H and O–H groups in total. The minimum Gasteiger partial charge on any atom is -0.478 e. The van der Waals surface area contributed by atoms with Crippen molar-refractivity contribution in [2.75, 3.05) is 0 Å². The average molecular weight is 435 g/mol. The molecule has 1 unspecified atom stereocenters. The molecule has 3 rings (SSSR count). The van der Waals surface area contributed by atoms with Crippen molar-refractivity contribution in [2.24, 2.45) is 0 Å². The zero-order chi connectivity index (χ0) is 23.5. The fourth-order valence-corrected chi connectivity index (χ4v) is 4.79. The maximum Gasteiger partial charge on any atom is 0.335 e. The van der Waals surface area contributed by atoms with E-state index in [0.29, 0.717) is 0 Å². The smallest absolute Gasteiger partial charge is 0.335 e. The molecular formula is C28H34O4. The number of carboxylic acids is 2. The van der Waals surface area contributed by atoms with Crippen LogP contribution in [0.3, 0.4) is 0 Å². The van der Waals surface area contributed by atoms with Crippen LogP contribution in [0.1, 0.15) is 91.9 Å². The van der Waals surface area contributed by atoms with Gasteiger partial charge in [0.05, 0.1) is 5.56 Å². The largest absolute Gasteiger partial charge is 0.478 e. The van der Waals surface area contributed by atoms with Gasteiger partial charge in [-0.3, -0.25) is 0 Å². The molecule has 0 aromatic heterocycles. The molecule has 0 saturated heterocycles. The van der Waals surface area contributed by atoms with Crippen molar-refractivity contribution in [3.8, 4) is 0 Å². The Morgan fingerprint density at radius 1 is 0.969 bits per heavy atom. The lowest BCUT2D eigenvalue weighted by Gasteiger charge is -2.42. The summed E-state index contributed by atoms with van der Waals surface area (Å²) in [4.78, 5) is 22.4. The van der Waals surface area contributed by atoms with Gasteiger partial charge in [0.1, 0.15) is 0 Å². The van der Waals surface area contributed by atoms with Gasteiger partial charge in [-0.25, -0.2) is 9.59 Å². The van der Waals surface area contributed by atoms with Gasteiger partial charge in [-0.2, -0.15) is 0 Å². The Balaban J connectivity index is 1.77. The van der Waals surface area contributed by atoms with Crippen molar-refractivity contribution in [1.29, 1.82) is 0 Å². The number of aryl methyl sites for hydroxylation is 1. The zero-order valence-corrected chi connectivity index (χ0v) is 19.5. The van der Waals surface area contributed by atoms with Gasteiger partial charge in [0, 0.05) is 12.0 Å². The average Bonchev–Trinajstić information content (AvgIpc) is 2.74. The summed E-state index contributed by atoms with van der Waals surface area (Å²) in [5.41, 5.74) is 5.62. The first-order chi connectivity index (χ1) is 15.0. The highest BCUT2D eigenvalue weighted by Gasteiger charge is 2.36. The molecule has 4 heteroatoms. The first-order valence-electron chi connectivity index (χ1n) is 11.4. The van der Waals surface area contributed by atoms with Crippen LogP contribution in [0.4, 0.5) is 0 Å². The number of rotatable bonds is 8. The predicted molar refractivity (Wildman–Crippen MR) is 128 cm³/mol. The second kappa shape index (κ2) is 9.32. The van der Waals surface area contributed by atoms with E-state index >= 15 is 0 Å². The summed E-state index contributed by atoms with van der Waals surface area (Å²) >= 11 is 0. The van der Waals surface area contributed by atoms with Crippen LogP contribution in [0.25, 0.3) is 0 Å². The van der Waals surface area contributed by atoms with Gasteiger partial charge in [0.2, 0.25) is 0 Å². The zero-order valence-electron chi connectivity index (χ0n) is 19.5. The molecule has 1 aliphatic rings. The first-order valence-corrected chi connectivity index (χ1v) is 11.4. The van der Waals surface area contributed by atoms with Gasteiger partial charge in [0.25, 0.3) is 0 Å². The summed E-state index contributed by atoms with van der Waals surface area (Å²) in [6.07, 6.45) is 7.73. The van der Waals surface area contributed by atoms with E-state index in [1.165, 1.54) is 29.5 Å². The van der Waals surface area contributed by atoms with Crippen molar-refractivity contribution in [1.82, 2.24) is 0 Å². The Morgan fingerprint density at radius 2 is 1.66 bits per heavy atom. The van der Waals surface area contributed by atoms with Crippen LogP contribution in [0, 0.1) is 0 Å². The van der Waals surface area contributed by atoms with E-state index in [-0.39, 0.29) is 22.3 Å². The third-order valence-corrected chi connectivity index (χ3v) is 6.93. The van der Waals surface area contributed by atoms with Crippen LogP contribution >= 0.6 is 0 Å². The molecule has 0 saturated carbocycles.